The Labute approximate surface area is 159 Å². The molecule has 0 saturated carbocycles. The van der Waals surface area contributed by atoms with Crippen LogP contribution in [0.2, 0.25) is 0 Å². The smallest absolute Gasteiger partial charge is 0.303 e. The lowest BCUT2D eigenvalue weighted by atomic mass is 9.99. The molecule has 10 heteroatoms. The summed E-state index contributed by atoms with van der Waals surface area (Å²) in [6.07, 6.45) is -6.00. The molecule has 0 radical (unpaired) electrons. The van der Waals surface area contributed by atoms with E-state index in [1.807, 2.05) is 0 Å². The first kappa shape index (κ1) is 20.4. The molecular weight excluding hydrogens is 376 g/mol. The first-order chi connectivity index (χ1) is 13.4. The van der Waals surface area contributed by atoms with Crippen molar-refractivity contribution < 1.29 is 49.0 Å². The van der Waals surface area contributed by atoms with Crippen molar-refractivity contribution in [3.8, 4) is 11.5 Å². The predicted molar refractivity (Wildman–Crippen MR) is 93.1 cm³/mol. The van der Waals surface area contributed by atoms with E-state index in [4.69, 9.17) is 23.7 Å². The van der Waals surface area contributed by atoms with Crippen molar-refractivity contribution in [2.45, 2.75) is 43.5 Å². The summed E-state index contributed by atoms with van der Waals surface area (Å²) in [7, 11) is 1.42. The van der Waals surface area contributed by atoms with Gasteiger partial charge in [0.05, 0.1) is 25.4 Å². The second-order valence-electron chi connectivity index (χ2n) is 6.43. The molecule has 1 aromatic carbocycles. The van der Waals surface area contributed by atoms with Crippen molar-refractivity contribution in [3.05, 3.63) is 24.0 Å². The second-order valence-corrected chi connectivity index (χ2v) is 6.43. The molecule has 28 heavy (non-hydrogen) atoms. The number of hydrogen-bond donors (Lipinski definition) is 5. The van der Waals surface area contributed by atoms with Gasteiger partial charge in [-0.25, -0.2) is 0 Å². The minimum absolute atomic E-state index is 0.0619. The molecule has 10 nitrogen and oxygen atoms in total. The first-order valence-corrected chi connectivity index (χ1v) is 8.63. The Balaban J connectivity index is 1.98. The standard InChI is InChI=1S/C18H22O10/c1-25-17-8(2-3-13(20)21)11(6-10-9(17)4-5-26-10)27-18-16(24)15(23)14(22)12(7-19)28-18/h4-6,12,14-16,18-19,22-24H,2-3,7H2,1H3,(H,20,21)/t12-,14+,15+,16-,18-/m1/s1. The number of ether oxygens (including phenoxy) is 3. The molecule has 0 bridgehead atoms. The number of aliphatic hydroxyl groups is 4. The summed E-state index contributed by atoms with van der Waals surface area (Å²) in [5.74, 6) is -0.537. The lowest BCUT2D eigenvalue weighted by Gasteiger charge is -2.39. The quantitative estimate of drug-likeness (QED) is 0.417. The number of aliphatic carboxylic acids is 1. The Hall–Kier alpha value is -2.37. The molecule has 5 atom stereocenters. The van der Waals surface area contributed by atoms with Gasteiger partial charge in [-0.3, -0.25) is 4.79 Å². The van der Waals surface area contributed by atoms with Gasteiger partial charge in [0.25, 0.3) is 0 Å². The minimum atomic E-state index is -1.61. The van der Waals surface area contributed by atoms with Gasteiger partial charge >= 0.3 is 5.97 Å². The summed E-state index contributed by atoms with van der Waals surface area (Å²) >= 11 is 0. The Kier molecular flexibility index (Phi) is 6.06. The number of fused-ring (bicyclic) bond motifs is 1. The van der Waals surface area contributed by atoms with Crippen LogP contribution >= 0.6 is 0 Å². The third-order valence-corrected chi connectivity index (χ3v) is 4.66. The normalized spacial score (nSPS) is 27.7. The molecular formula is C18H22O10. The van der Waals surface area contributed by atoms with E-state index in [9.17, 15) is 25.2 Å². The highest BCUT2D eigenvalue weighted by molar-refractivity contribution is 5.88. The maximum absolute atomic E-state index is 11.0. The van der Waals surface area contributed by atoms with E-state index in [1.54, 1.807) is 6.07 Å². The molecule has 2 aromatic rings. The van der Waals surface area contributed by atoms with Gasteiger partial charge in [0.2, 0.25) is 6.29 Å². The number of rotatable bonds is 7. The van der Waals surface area contributed by atoms with Gasteiger partial charge in [0, 0.05) is 18.1 Å². The molecule has 0 unspecified atom stereocenters. The fraction of sp³-hybridized carbons (Fsp3) is 0.500. The largest absolute Gasteiger partial charge is 0.496 e. The van der Waals surface area contributed by atoms with Crippen molar-refractivity contribution in [3.63, 3.8) is 0 Å². The number of methoxy groups -OCH3 is 1. The van der Waals surface area contributed by atoms with Gasteiger partial charge in [-0.05, 0) is 12.5 Å². The van der Waals surface area contributed by atoms with Crippen LogP contribution in [0.4, 0.5) is 0 Å². The Morgan fingerprint density at radius 1 is 1.21 bits per heavy atom. The van der Waals surface area contributed by atoms with Gasteiger partial charge in [-0.15, -0.1) is 0 Å². The van der Waals surface area contributed by atoms with Crippen LogP contribution in [0.25, 0.3) is 11.0 Å². The van der Waals surface area contributed by atoms with E-state index in [2.05, 4.69) is 0 Å². The molecule has 154 valence electrons. The van der Waals surface area contributed by atoms with E-state index in [0.717, 1.165) is 0 Å². The summed E-state index contributed by atoms with van der Waals surface area (Å²) in [5, 5.41) is 49.0. The topological polar surface area (TPSA) is 159 Å². The van der Waals surface area contributed by atoms with Crippen LogP contribution in [0.3, 0.4) is 0 Å². The van der Waals surface area contributed by atoms with Gasteiger partial charge in [0.15, 0.2) is 0 Å². The maximum atomic E-state index is 11.0. The van der Waals surface area contributed by atoms with E-state index in [-0.39, 0.29) is 18.6 Å². The molecule has 0 aliphatic carbocycles. The van der Waals surface area contributed by atoms with Crippen molar-refractivity contribution in [2.24, 2.45) is 0 Å². The molecule has 0 amide bonds. The fourth-order valence-corrected chi connectivity index (χ4v) is 3.20. The number of carboxylic acids is 1. The molecule has 1 aliphatic rings. The average Bonchev–Trinajstić information content (AvgIpc) is 3.14. The van der Waals surface area contributed by atoms with Gasteiger partial charge in [-0.2, -0.15) is 0 Å². The van der Waals surface area contributed by atoms with Crippen LogP contribution in [0, 0.1) is 0 Å². The SMILES string of the molecule is COc1c(CCC(=O)O)c(O[C@@H]2O[C@H](CO)[C@H](O)[C@H](O)[C@H]2O)cc2occc12. The lowest BCUT2D eigenvalue weighted by Crippen LogP contribution is -2.60. The Bertz CT molecular complexity index is 829. The summed E-state index contributed by atoms with van der Waals surface area (Å²) < 4.78 is 21.9. The maximum Gasteiger partial charge on any atom is 0.303 e. The third-order valence-electron chi connectivity index (χ3n) is 4.66. The van der Waals surface area contributed by atoms with E-state index in [0.29, 0.717) is 22.3 Å². The number of carbonyl (C=O) groups is 1. The number of furan rings is 1. The number of carboxylic acid groups (broad SMARTS) is 1. The van der Waals surface area contributed by atoms with Crippen molar-refractivity contribution in [2.75, 3.05) is 13.7 Å². The highest BCUT2D eigenvalue weighted by Crippen LogP contribution is 2.39. The predicted octanol–water partition coefficient (Wildman–Crippen LogP) is -0.363. The Morgan fingerprint density at radius 2 is 1.96 bits per heavy atom. The molecule has 5 N–H and O–H groups in total. The molecule has 2 heterocycles. The second kappa shape index (κ2) is 8.33. The Morgan fingerprint density at radius 3 is 2.61 bits per heavy atom. The minimum Gasteiger partial charge on any atom is -0.496 e. The highest BCUT2D eigenvalue weighted by Gasteiger charge is 2.45. The third kappa shape index (κ3) is 3.77. The van der Waals surface area contributed by atoms with Crippen LogP contribution in [0.5, 0.6) is 11.5 Å². The molecule has 1 aromatic heterocycles. The molecule has 0 spiro atoms. The number of aliphatic hydroxyl groups excluding tert-OH is 4. The van der Waals surface area contributed by atoms with Crippen LogP contribution < -0.4 is 9.47 Å². The lowest BCUT2D eigenvalue weighted by molar-refractivity contribution is -0.277. The zero-order valence-corrected chi connectivity index (χ0v) is 15.0. The molecule has 1 saturated heterocycles. The van der Waals surface area contributed by atoms with E-state index >= 15 is 0 Å². The van der Waals surface area contributed by atoms with Crippen LogP contribution in [0.15, 0.2) is 22.8 Å². The fourth-order valence-electron chi connectivity index (χ4n) is 3.20. The van der Waals surface area contributed by atoms with E-state index in [1.165, 1.54) is 19.4 Å². The van der Waals surface area contributed by atoms with Crippen molar-refractivity contribution >= 4 is 16.9 Å². The van der Waals surface area contributed by atoms with Gasteiger partial charge in [-0.1, -0.05) is 0 Å². The van der Waals surface area contributed by atoms with Crippen LogP contribution in [-0.2, 0) is 16.0 Å². The van der Waals surface area contributed by atoms with Gasteiger partial charge in [0.1, 0.15) is 41.5 Å². The zero-order valence-electron chi connectivity index (χ0n) is 15.0. The highest BCUT2D eigenvalue weighted by atomic mass is 16.7. The first-order valence-electron chi connectivity index (χ1n) is 8.63. The number of benzene rings is 1. The molecule has 1 aliphatic heterocycles. The summed E-state index contributed by atoms with van der Waals surface area (Å²) in [4.78, 5) is 11.0. The molecule has 3 rings (SSSR count). The van der Waals surface area contributed by atoms with Crippen molar-refractivity contribution in [1.82, 2.24) is 0 Å². The summed E-state index contributed by atoms with van der Waals surface area (Å²) in [5.41, 5.74) is 0.811. The zero-order chi connectivity index (χ0) is 20.4. The number of hydrogen-bond acceptors (Lipinski definition) is 9. The van der Waals surface area contributed by atoms with E-state index < -0.39 is 43.3 Å². The van der Waals surface area contributed by atoms with Crippen LogP contribution in [-0.4, -0.2) is 75.9 Å². The summed E-state index contributed by atoms with van der Waals surface area (Å²) in [6.45, 7) is -0.600. The van der Waals surface area contributed by atoms with Crippen LogP contribution in [0.1, 0.15) is 12.0 Å². The summed E-state index contributed by atoms with van der Waals surface area (Å²) in [6, 6.07) is 3.16. The molecule has 1 fully saturated rings. The average molecular weight is 398 g/mol. The van der Waals surface area contributed by atoms with Crippen molar-refractivity contribution in [1.29, 1.82) is 0 Å². The monoisotopic (exact) mass is 398 g/mol. The van der Waals surface area contributed by atoms with Gasteiger partial charge < -0.3 is 44.2 Å².